The van der Waals surface area contributed by atoms with Crippen LogP contribution in [-0.2, 0) is 9.47 Å². The third kappa shape index (κ3) is 3.49. The van der Waals surface area contributed by atoms with E-state index in [0.29, 0.717) is 23.1 Å². The van der Waals surface area contributed by atoms with E-state index in [2.05, 4.69) is 4.98 Å². The predicted octanol–water partition coefficient (Wildman–Crippen LogP) is 2.16. The number of ether oxygens (including phenoxy) is 2. The third-order valence-electron chi connectivity index (χ3n) is 3.63. The number of methoxy groups -OCH3 is 2. The lowest BCUT2D eigenvalue weighted by Crippen LogP contribution is -2.39. The van der Waals surface area contributed by atoms with E-state index in [1.54, 1.807) is 23.1 Å². The molecular formula is C15H19N3O5. The summed E-state index contributed by atoms with van der Waals surface area (Å²) in [7, 11) is 3.00. The molecule has 0 unspecified atom stereocenters. The first-order valence-electron chi connectivity index (χ1n) is 7.12. The van der Waals surface area contributed by atoms with E-state index < -0.39 is 11.2 Å². The van der Waals surface area contributed by atoms with E-state index in [1.807, 2.05) is 6.92 Å². The second-order valence-corrected chi connectivity index (χ2v) is 4.93. The molecule has 1 amide bonds. The van der Waals surface area contributed by atoms with Crippen LogP contribution in [0, 0.1) is 10.1 Å². The summed E-state index contributed by atoms with van der Waals surface area (Å²) in [4.78, 5) is 27.6. The van der Waals surface area contributed by atoms with Gasteiger partial charge in [0.15, 0.2) is 6.29 Å². The molecule has 0 saturated heterocycles. The number of aromatic nitrogens is 1. The Bertz CT molecular complexity index is 708. The van der Waals surface area contributed by atoms with Gasteiger partial charge in [0.1, 0.15) is 11.2 Å². The first-order chi connectivity index (χ1) is 11.0. The molecule has 8 nitrogen and oxygen atoms in total. The molecule has 0 fully saturated rings. The number of nitro benzene ring substituents is 1. The number of hydrogen-bond acceptors (Lipinski definition) is 5. The number of carbonyl (C=O) groups excluding carboxylic acids is 1. The zero-order chi connectivity index (χ0) is 17.0. The highest BCUT2D eigenvalue weighted by Gasteiger charge is 2.22. The topological polar surface area (TPSA) is 97.7 Å². The van der Waals surface area contributed by atoms with Gasteiger partial charge in [-0.2, -0.15) is 0 Å². The number of aromatic amines is 1. The van der Waals surface area contributed by atoms with Gasteiger partial charge in [-0.25, -0.2) is 0 Å². The van der Waals surface area contributed by atoms with Crippen molar-refractivity contribution in [1.82, 2.24) is 9.88 Å². The van der Waals surface area contributed by atoms with E-state index in [4.69, 9.17) is 9.47 Å². The summed E-state index contributed by atoms with van der Waals surface area (Å²) in [5.41, 5.74) is 0.574. The van der Waals surface area contributed by atoms with Crippen LogP contribution in [0.3, 0.4) is 0 Å². The Balaban J connectivity index is 2.33. The molecule has 0 radical (unpaired) electrons. The standard InChI is InChI=1S/C15H19N3O5/c1-4-17(9-13(22-2)23-3)15(19)11-8-10-6-5-7-12(18(20)21)14(10)16-11/h5-8,13,16H,4,9H2,1-3H3. The number of para-hydroxylation sites is 1. The van der Waals surface area contributed by atoms with Crippen LogP contribution in [0.4, 0.5) is 5.69 Å². The predicted molar refractivity (Wildman–Crippen MR) is 84.3 cm³/mol. The maximum atomic E-state index is 12.6. The van der Waals surface area contributed by atoms with Crippen molar-refractivity contribution in [3.05, 3.63) is 40.1 Å². The molecule has 2 rings (SSSR count). The zero-order valence-electron chi connectivity index (χ0n) is 13.2. The second kappa shape index (κ2) is 7.21. The van der Waals surface area contributed by atoms with Crippen molar-refractivity contribution < 1.29 is 19.2 Å². The Morgan fingerprint density at radius 2 is 2.09 bits per heavy atom. The van der Waals surface area contributed by atoms with Gasteiger partial charge in [0, 0.05) is 32.2 Å². The normalized spacial score (nSPS) is 11.1. The number of fused-ring (bicyclic) bond motifs is 1. The number of rotatable bonds is 7. The van der Waals surface area contributed by atoms with Gasteiger partial charge in [-0.1, -0.05) is 12.1 Å². The minimum absolute atomic E-state index is 0.0590. The maximum absolute atomic E-state index is 12.6. The molecule has 1 N–H and O–H groups in total. The molecule has 0 aliphatic heterocycles. The highest BCUT2D eigenvalue weighted by atomic mass is 16.7. The van der Waals surface area contributed by atoms with Gasteiger partial charge in [-0.3, -0.25) is 14.9 Å². The van der Waals surface area contributed by atoms with E-state index >= 15 is 0 Å². The lowest BCUT2D eigenvalue weighted by atomic mass is 10.2. The summed E-state index contributed by atoms with van der Waals surface area (Å²) in [5, 5.41) is 11.7. The number of nitrogens with one attached hydrogen (secondary N) is 1. The number of likely N-dealkylation sites (N-methyl/N-ethyl adjacent to an activating group) is 1. The van der Waals surface area contributed by atoms with Crippen molar-refractivity contribution in [1.29, 1.82) is 0 Å². The molecule has 2 aromatic rings. The molecule has 0 aliphatic rings. The van der Waals surface area contributed by atoms with Crippen molar-refractivity contribution in [3.8, 4) is 0 Å². The lowest BCUT2D eigenvalue weighted by Gasteiger charge is -2.24. The maximum Gasteiger partial charge on any atom is 0.293 e. The van der Waals surface area contributed by atoms with Crippen LogP contribution in [0.15, 0.2) is 24.3 Å². The Kier molecular flexibility index (Phi) is 5.30. The average molecular weight is 321 g/mol. The second-order valence-electron chi connectivity index (χ2n) is 4.93. The van der Waals surface area contributed by atoms with Crippen molar-refractivity contribution in [2.45, 2.75) is 13.2 Å². The molecule has 0 aliphatic carbocycles. The zero-order valence-corrected chi connectivity index (χ0v) is 13.2. The highest BCUT2D eigenvalue weighted by Crippen LogP contribution is 2.25. The van der Waals surface area contributed by atoms with Gasteiger partial charge in [-0.05, 0) is 13.0 Å². The summed E-state index contributed by atoms with van der Waals surface area (Å²) in [6.07, 6.45) is -0.530. The molecule has 1 aromatic carbocycles. The Morgan fingerprint density at radius 1 is 1.39 bits per heavy atom. The van der Waals surface area contributed by atoms with Crippen LogP contribution in [-0.4, -0.2) is 54.3 Å². The van der Waals surface area contributed by atoms with E-state index in [1.165, 1.54) is 20.3 Å². The summed E-state index contributed by atoms with van der Waals surface area (Å²) < 4.78 is 10.2. The van der Waals surface area contributed by atoms with E-state index in [9.17, 15) is 14.9 Å². The van der Waals surface area contributed by atoms with Crippen LogP contribution in [0.1, 0.15) is 17.4 Å². The smallest absolute Gasteiger partial charge is 0.293 e. The van der Waals surface area contributed by atoms with Crippen LogP contribution in [0.5, 0.6) is 0 Å². The van der Waals surface area contributed by atoms with E-state index in [0.717, 1.165) is 0 Å². The molecule has 8 heteroatoms. The van der Waals surface area contributed by atoms with Gasteiger partial charge in [0.05, 0.1) is 11.5 Å². The Morgan fingerprint density at radius 3 is 2.65 bits per heavy atom. The van der Waals surface area contributed by atoms with Crippen LogP contribution in [0.2, 0.25) is 0 Å². The molecule has 0 atom stereocenters. The number of carbonyl (C=O) groups is 1. The monoisotopic (exact) mass is 321 g/mol. The summed E-state index contributed by atoms with van der Waals surface area (Å²) in [6, 6.07) is 6.32. The SMILES string of the molecule is CCN(CC(OC)OC)C(=O)c1cc2cccc([N+](=O)[O-])c2[nH]1. The molecule has 0 bridgehead atoms. The summed E-state index contributed by atoms with van der Waals surface area (Å²) >= 11 is 0. The van der Waals surface area contributed by atoms with Crippen LogP contribution < -0.4 is 0 Å². The van der Waals surface area contributed by atoms with Gasteiger partial charge < -0.3 is 19.4 Å². The van der Waals surface area contributed by atoms with Crippen LogP contribution >= 0.6 is 0 Å². The van der Waals surface area contributed by atoms with Crippen molar-refractivity contribution in [2.24, 2.45) is 0 Å². The Hall–Kier alpha value is -2.45. The van der Waals surface area contributed by atoms with Gasteiger partial charge in [0.25, 0.3) is 11.6 Å². The molecular weight excluding hydrogens is 302 g/mol. The Labute approximate surface area is 133 Å². The number of nitro groups is 1. The van der Waals surface area contributed by atoms with Crippen molar-refractivity contribution in [2.75, 3.05) is 27.3 Å². The minimum atomic E-state index is -0.530. The number of amides is 1. The number of H-pyrrole nitrogens is 1. The van der Waals surface area contributed by atoms with E-state index in [-0.39, 0.29) is 18.1 Å². The third-order valence-corrected chi connectivity index (χ3v) is 3.63. The van der Waals surface area contributed by atoms with Gasteiger partial charge in [-0.15, -0.1) is 0 Å². The number of nitrogens with zero attached hydrogens (tertiary/aromatic N) is 2. The number of benzene rings is 1. The number of hydrogen-bond donors (Lipinski definition) is 1. The molecule has 0 saturated carbocycles. The summed E-state index contributed by atoms with van der Waals surface area (Å²) in [5.74, 6) is -0.267. The molecule has 1 heterocycles. The fourth-order valence-electron chi connectivity index (χ4n) is 2.36. The first kappa shape index (κ1) is 16.9. The largest absolute Gasteiger partial charge is 0.354 e. The van der Waals surface area contributed by atoms with Crippen molar-refractivity contribution >= 4 is 22.5 Å². The first-order valence-corrected chi connectivity index (χ1v) is 7.12. The summed E-state index contributed by atoms with van der Waals surface area (Å²) in [6.45, 7) is 2.56. The van der Waals surface area contributed by atoms with Crippen molar-refractivity contribution in [3.63, 3.8) is 0 Å². The van der Waals surface area contributed by atoms with Crippen LogP contribution in [0.25, 0.3) is 10.9 Å². The molecule has 1 aromatic heterocycles. The molecule has 0 spiro atoms. The van der Waals surface area contributed by atoms with Gasteiger partial charge >= 0.3 is 0 Å². The molecule has 124 valence electrons. The lowest BCUT2D eigenvalue weighted by molar-refractivity contribution is -0.383. The molecule has 23 heavy (non-hydrogen) atoms. The number of non-ortho nitro benzene ring substituents is 1. The fraction of sp³-hybridized carbons (Fsp3) is 0.400. The van der Waals surface area contributed by atoms with Gasteiger partial charge in [0.2, 0.25) is 0 Å². The fourth-order valence-corrected chi connectivity index (χ4v) is 2.36. The quantitative estimate of drug-likeness (QED) is 0.479. The highest BCUT2D eigenvalue weighted by molar-refractivity contribution is 6.00. The average Bonchev–Trinajstić information content (AvgIpc) is 2.99. The minimum Gasteiger partial charge on any atom is -0.354 e.